The number of amides is 1. The first kappa shape index (κ1) is 14.3. The molecular weight excluding hydrogens is 281 g/mol. The van der Waals surface area contributed by atoms with E-state index >= 15 is 0 Å². The zero-order valence-electron chi connectivity index (χ0n) is 10.5. The van der Waals surface area contributed by atoms with E-state index in [1.54, 1.807) is 0 Å². The second-order valence-corrected chi connectivity index (χ2v) is 3.91. The Morgan fingerprint density at radius 1 is 1.38 bits per heavy atom. The van der Waals surface area contributed by atoms with Crippen LogP contribution in [0.25, 0.3) is 0 Å². The molecule has 0 unspecified atom stereocenters. The lowest BCUT2D eigenvalue weighted by Crippen LogP contribution is -2.19. The molecule has 0 fully saturated rings. The fourth-order valence-corrected chi connectivity index (χ4v) is 1.70. The van der Waals surface area contributed by atoms with E-state index in [9.17, 15) is 19.3 Å². The third kappa shape index (κ3) is 2.92. The summed E-state index contributed by atoms with van der Waals surface area (Å²) in [5.41, 5.74) is 1.43. The molecule has 1 heterocycles. The number of anilines is 2. The Labute approximate surface area is 117 Å². The van der Waals surface area contributed by atoms with Gasteiger partial charge in [0.15, 0.2) is 5.82 Å². The molecule has 0 atom stereocenters. The number of nitrogens with zero attached hydrogens (tertiary/aromatic N) is 2. The van der Waals surface area contributed by atoms with Gasteiger partial charge in [0.1, 0.15) is 5.69 Å². The lowest BCUT2D eigenvalue weighted by atomic mass is 10.1. The molecule has 4 N–H and O–H groups in total. The van der Waals surface area contributed by atoms with Crippen LogP contribution in [-0.4, -0.2) is 15.8 Å². The number of hydrogen-bond acceptors (Lipinski definition) is 6. The molecule has 0 aliphatic carbocycles. The van der Waals surface area contributed by atoms with Gasteiger partial charge in [-0.05, 0) is 12.1 Å². The van der Waals surface area contributed by atoms with Crippen molar-refractivity contribution in [2.24, 2.45) is 5.84 Å². The van der Waals surface area contributed by atoms with Gasteiger partial charge < -0.3 is 10.7 Å². The predicted octanol–water partition coefficient (Wildman–Crippen LogP) is 1.67. The van der Waals surface area contributed by atoms with Gasteiger partial charge in [-0.2, -0.15) is 0 Å². The summed E-state index contributed by atoms with van der Waals surface area (Å²) in [5.74, 6) is 3.77. The van der Waals surface area contributed by atoms with E-state index in [1.165, 1.54) is 30.5 Å². The van der Waals surface area contributed by atoms with E-state index in [4.69, 9.17) is 5.84 Å². The number of hydrogen-bond donors (Lipinski definition) is 3. The molecule has 0 radical (unpaired) electrons. The molecule has 0 aliphatic heterocycles. The fourth-order valence-electron chi connectivity index (χ4n) is 1.70. The number of pyridine rings is 1. The monoisotopic (exact) mass is 291 g/mol. The second kappa shape index (κ2) is 5.92. The number of nitro groups is 1. The molecule has 0 bridgehead atoms. The van der Waals surface area contributed by atoms with Crippen molar-refractivity contribution in [1.29, 1.82) is 0 Å². The minimum atomic E-state index is -0.739. The molecule has 9 heteroatoms. The van der Waals surface area contributed by atoms with Crippen LogP contribution in [0.5, 0.6) is 0 Å². The Morgan fingerprint density at radius 2 is 2.14 bits per heavy atom. The average Bonchev–Trinajstić information content (AvgIpc) is 2.48. The average molecular weight is 291 g/mol. The molecule has 2 rings (SSSR count). The van der Waals surface area contributed by atoms with E-state index in [-0.39, 0.29) is 22.6 Å². The molecular formula is C12H10FN5O3. The van der Waals surface area contributed by atoms with Gasteiger partial charge in [-0.25, -0.2) is 4.39 Å². The van der Waals surface area contributed by atoms with E-state index in [0.29, 0.717) is 0 Å². The van der Waals surface area contributed by atoms with Crippen LogP contribution in [0.2, 0.25) is 0 Å². The van der Waals surface area contributed by atoms with Crippen molar-refractivity contribution in [2.75, 3.05) is 10.7 Å². The normalized spacial score (nSPS) is 10.0. The topological polar surface area (TPSA) is 123 Å². The Hall–Kier alpha value is -3.07. The van der Waals surface area contributed by atoms with Gasteiger partial charge in [-0.15, -0.1) is 0 Å². The first-order chi connectivity index (χ1) is 10.0. The summed E-state index contributed by atoms with van der Waals surface area (Å²) in [6.45, 7) is 0. The first-order valence-corrected chi connectivity index (χ1v) is 5.69. The minimum Gasteiger partial charge on any atom is -0.319 e. The highest BCUT2D eigenvalue weighted by atomic mass is 19.1. The van der Waals surface area contributed by atoms with Gasteiger partial charge in [0.2, 0.25) is 0 Å². The third-order valence-corrected chi connectivity index (χ3v) is 2.65. The van der Waals surface area contributed by atoms with Crippen molar-refractivity contribution in [2.45, 2.75) is 0 Å². The quantitative estimate of drug-likeness (QED) is 0.447. The molecule has 108 valence electrons. The second-order valence-electron chi connectivity index (χ2n) is 3.91. The molecule has 0 saturated carbocycles. The number of nitro benzene ring substituents is 1. The van der Waals surface area contributed by atoms with Gasteiger partial charge >= 0.3 is 0 Å². The van der Waals surface area contributed by atoms with Crippen molar-refractivity contribution in [1.82, 2.24) is 4.98 Å². The van der Waals surface area contributed by atoms with Crippen LogP contribution >= 0.6 is 0 Å². The smallest absolute Gasteiger partial charge is 0.294 e. The highest BCUT2D eigenvalue weighted by Gasteiger charge is 2.21. The lowest BCUT2D eigenvalue weighted by Gasteiger charge is -2.10. The summed E-state index contributed by atoms with van der Waals surface area (Å²) in [5, 5.41) is 13.2. The fraction of sp³-hybridized carbons (Fsp3) is 0. The molecule has 1 amide bonds. The Bertz CT molecular complexity index is 707. The number of carbonyl (C=O) groups excluding carboxylic acids is 1. The van der Waals surface area contributed by atoms with E-state index in [0.717, 1.165) is 6.20 Å². The molecule has 0 aliphatic rings. The van der Waals surface area contributed by atoms with Crippen LogP contribution in [0.4, 0.5) is 21.5 Å². The summed E-state index contributed by atoms with van der Waals surface area (Å²) in [6, 6.07) is 5.12. The minimum absolute atomic E-state index is 0.0806. The highest BCUT2D eigenvalue weighted by Crippen LogP contribution is 2.28. The van der Waals surface area contributed by atoms with E-state index in [2.05, 4.69) is 15.7 Å². The molecule has 2 aromatic rings. The molecule has 1 aromatic carbocycles. The van der Waals surface area contributed by atoms with Crippen LogP contribution in [0.15, 0.2) is 36.7 Å². The first-order valence-electron chi connectivity index (χ1n) is 5.69. The van der Waals surface area contributed by atoms with Crippen molar-refractivity contribution in [3.8, 4) is 0 Å². The Morgan fingerprint density at radius 3 is 2.76 bits per heavy atom. The number of carbonyl (C=O) groups is 1. The number of aromatic nitrogens is 1. The Balaban J connectivity index is 2.38. The number of nitrogens with two attached hydrogens (primary N) is 1. The Kier molecular flexibility index (Phi) is 4.05. The number of para-hydroxylation sites is 1. The number of nitrogen functional groups attached to an aromatic ring is 1. The maximum Gasteiger partial charge on any atom is 0.294 e. The maximum atomic E-state index is 13.4. The van der Waals surface area contributed by atoms with Crippen LogP contribution in [-0.2, 0) is 0 Å². The predicted molar refractivity (Wildman–Crippen MR) is 73.1 cm³/mol. The summed E-state index contributed by atoms with van der Waals surface area (Å²) in [7, 11) is 0. The van der Waals surface area contributed by atoms with Crippen molar-refractivity contribution in [3.05, 3.63) is 58.2 Å². The van der Waals surface area contributed by atoms with Gasteiger partial charge in [0, 0.05) is 12.3 Å². The third-order valence-electron chi connectivity index (χ3n) is 2.65. The number of rotatable bonds is 4. The van der Waals surface area contributed by atoms with Crippen molar-refractivity contribution >= 4 is 23.0 Å². The molecule has 21 heavy (non-hydrogen) atoms. The van der Waals surface area contributed by atoms with Gasteiger partial charge in [-0.1, -0.05) is 6.07 Å². The van der Waals surface area contributed by atoms with Crippen molar-refractivity contribution in [3.63, 3.8) is 0 Å². The summed E-state index contributed by atoms with van der Waals surface area (Å²) in [4.78, 5) is 25.8. The number of nitrogens with one attached hydrogen (secondary N) is 2. The number of benzene rings is 1. The summed E-state index contributed by atoms with van der Waals surface area (Å²) in [6.07, 6.45) is 2.24. The van der Waals surface area contributed by atoms with Crippen LogP contribution in [0.1, 0.15) is 10.4 Å². The van der Waals surface area contributed by atoms with Crippen LogP contribution in [0, 0.1) is 15.9 Å². The van der Waals surface area contributed by atoms with Gasteiger partial charge in [0.05, 0.1) is 22.4 Å². The van der Waals surface area contributed by atoms with Crippen LogP contribution < -0.4 is 16.6 Å². The zero-order chi connectivity index (χ0) is 15.4. The summed E-state index contributed by atoms with van der Waals surface area (Å²) < 4.78 is 13.4. The molecule has 8 nitrogen and oxygen atoms in total. The number of halogens is 1. The summed E-state index contributed by atoms with van der Waals surface area (Å²) >= 11 is 0. The lowest BCUT2D eigenvalue weighted by molar-refractivity contribution is -0.384. The molecule has 0 saturated heterocycles. The van der Waals surface area contributed by atoms with E-state index < -0.39 is 16.6 Å². The molecule has 1 aromatic heterocycles. The largest absolute Gasteiger partial charge is 0.319 e. The van der Waals surface area contributed by atoms with Gasteiger partial charge in [-0.3, -0.25) is 25.7 Å². The highest BCUT2D eigenvalue weighted by molar-refractivity contribution is 6.09. The molecule has 0 spiro atoms. The van der Waals surface area contributed by atoms with Crippen molar-refractivity contribution < 1.29 is 14.1 Å². The number of hydrazine groups is 1. The maximum absolute atomic E-state index is 13.4. The van der Waals surface area contributed by atoms with Gasteiger partial charge in [0.25, 0.3) is 11.6 Å². The standard InChI is InChI=1S/C12H10FN5O3/c13-8-6-15-5-4-9(8)16-12(19)7-2-1-3-10(18(20)21)11(7)17-14/h1-6,17H,14H2,(H,15,16,19). The zero-order valence-corrected chi connectivity index (χ0v) is 10.5. The van der Waals surface area contributed by atoms with E-state index in [1.807, 2.05) is 0 Å². The SMILES string of the molecule is NNc1c(C(=O)Nc2ccncc2F)cccc1[N+](=O)[O-]. The van der Waals surface area contributed by atoms with Crippen LogP contribution in [0.3, 0.4) is 0 Å².